The van der Waals surface area contributed by atoms with Gasteiger partial charge < -0.3 is 15.3 Å². The van der Waals surface area contributed by atoms with Gasteiger partial charge in [0.25, 0.3) is 0 Å². The van der Waals surface area contributed by atoms with Gasteiger partial charge in [-0.2, -0.15) is 0 Å². The summed E-state index contributed by atoms with van der Waals surface area (Å²) in [5, 5.41) is 13.2. The van der Waals surface area contributed by atoms with Crippen molar-refractivity contribution in [3.63, 3.8) is 0 Å². The molecule has 2 unspecified atom stereocenters. The summed E-state index contributed by atoms with van der Waals surface area (Å²) < 4.78 is 0. The lowest BCUT2D eigenvalue weighted by Gasteiger charge is -2.22. The second-order valence-corrected chi connectivity index (χ2v) is 7.01. The molecule has 3 nitrogen and oxygen atoms in total. The number of hydrogen-bond acceptors (Lipinski definition) is 3. The van der Waals surface area contributed by atoms with Crippen LogP contribution in [0, 0.1) is 5.92 Å². The Hall–Kier alpha value is -1.06. The van der Waals surface area contributed by atoms with Crippen molar-refractivity contribution in [1.82, 2.24) is 5.32 Å². The lowest BCUT2D eigenvalue weighted by molar-refractivity contribution is 0.136. The van der Waals surface area contributed by atoms with Gasteiger partial charge in [-0.15, -0.1) is 0 Å². The normalized spacial score (nSPS) is 21.2. The second-order valence-electron chi connectivity index (χ2n) is 7.01. The molecule has 2 atom stereocenters. The smallest absolute Gasteiger partial charge is 0.0557 e. The third-order valence-corrected chi connectivity index (χ3v) is 4.03. The maximum Gasteiger partial charge on any atom is 0.0557 e. The van der Waals surface area contributed by atoms with E-state index < -0.39 is 0 Å². The Labute approximate surface area is 123 Å². The molecule has 0 spiro atoms. The van der Waals surface area contributed by atoms with Crippen LogP contribution in [0.4, 0.5) is 5.69 Å². The molecule has 0 bridgehead atoms. The molecule has 1 saturated heterocycles. The molecule has 0 amide bonds. The summed E-state index contributed by atoms with van der Waals surface area (Å²) in [6.45, 7) is 11.4. The Balaban J connectivity index is 1.92. The van der Waals surface area contributed by atoms with E-state index in [0.29, 0.717) is 5.92 Å². The first-order valence-electron chi connectivity index (χ1n) is 7.62. The van der Waals surface area contributed by atoms with Crippen molar-refractivity contribution < 1.29 is 5.11 Å². The third-order valence-electron chi connectivity index (χ3n) is 4.03. The van der Waals surface area contributed by atoms with Crippen LogP contribution in [0.5, 0.6) is 0 Å². The van der Waals surface area contributed by atoms with Crippen molar-refractivity contribution in [3.05, 3.63) is 29.8 Å². The van der Waals surface area contributed by atoms with Gasteiger partial charge >= 0.3 is 0 Å². The van der Waals surface area contributed by atoms with Crippen LogP contribution in [0.2, 0.25) is 0 Å². The molecule has 2 N–H and O–H groups in total. The molecule has 1 aromatic rings. The second kappa shape index (κ2) is 6.15. The van der Waals surface area contributed by atoms with E-state index in [1.807, 2.05) is 6.92 Å². The van der Waals surface area contributed by atoms with Crippen LogP contribution in [0.3, 0.4) is 0 Å². The average molecular weight is 276 g/mol. The number of aliphatic hydroxyl groups is 1. The molecule has 3 heteroatoms. The Kier molecular flexibility index (Phi) is 4.71. The molecule has 0 aromatic heterocycles. The minimum Gasteiger partial charge on any atom is -0.393 e. The fourth-order valence-corrected chi connectivity index (χ4v) is 2.61. The first-order valence-corrected chi connectivity index (χ1v) is 7.62. The monoisotopic (exact) mass is 276 g/mol. The van der Waals surface area contributed by atoms with Gasteiger partial charge in [0.1, 0.15) is 0 Å². The van der Waals surface area contributed by atoms with Gasteiger partial charge in [0.15, 0.2) is 0 Å². The Morgan fingerprint density at radius 3 is 2.45 bits per heavy atom. The van der Waals surface area contributed by atoms with Crippen LogP contribution in [0.1, 0.15) is 39.7 Å². The van der Waals surface area contributed by atoms with Gasteiger partial charge in [-0.25, -0.2) is 0 Å². The van der Waals surface area contributed by atoms with Crippen molar-refractivity contribution in [2.75, 3.05) is 18.0 Å². The van der Waals surface area contributed by atoms with E-state index in [9.17, 15) is 5.11 Å². The van der Waals surface area contributed by atoms with Crippen LogP contribution in [0.15, 0.2) is 24.3 Å². The summed E-state index contributed by atoms with van der Waals surface area (Å²) in [7, 11) is 0. The number of benzene rings is 1. The fraction of sp³-hybridized carbons (Fsp3) is 0.647. The highest BCUT2D eigenvalue weighted by atomic mass is 16.3. The summed E-state index contributed by atoms with van der Waals surface area (Å²) >= 11 is 0. The zero-order chi connectivity index (χ0) is 14.8. The van der Waals surface area contributed by atoms with Crippen molar-refractivity contribution in [2.24, 2.45) is 5.92 Å². The zero-order valence-corrected chi connectivity index (χ0v) is 13.2. The molecule has 1 aliphatic heterocycles. The summed E-state index contributed by atoms with van der Waals surface area (Å²) in [6, 6.07) is 8.79. The van der Waals surface area contributed by atoms with E-state index >= 15 is 0 Å². The molecule has 112 valence electrons. The number of nitrogens with zero attached hydrogens (tertiary/aromatic N) is 1. The van der Waals surface area contributed by atoms with E-state index in [0.717, 1.165) is 26.1 Å². The summed E-state index contributed by atoms with van der Waals surface area (Å²) in [5.74, 6) is 0.414. The van der Waals surface area contributed by atoms with Crippen LogP contribution in [-0.2, 0) is 6.54 Å². The van der Waals surface area contributed by atoms with Gasteiger partial charge in [-0.05, 0) is 51.8 Å². The number of hydrogen-bond donors (Lipinski definition) is 2. The van der Waals surface area contributed by atoms with Gasteiger partial charge in [0.2, 0.25) is 0 Å². The summed E-state index contributed by atoms with van der Waals surface area (Å²) in [4.78, 5) is 2.37. The Morgan fingerprint density at radius 2 is 1.95 bits per heavy atom. The first kappa shape index (κ1) is 15.3. The number of rotatable bonds is 4. The van der Waals surface area contributed by atoms with Crippen molar-refractivity contribution in [1.29, 1.82) is 0 Å². The van der Waals surface area contributed by atoms with Gasteiger partial charge in [0, 0.05) is 36.8 Å². The molecule has 1 aliphatic rings. The van der Waals surface area contributed by atoms with Gasteiger partial charge in [-0.1, -0.05) is 12.1 Å². The molecule has 1 heterocycles. The Bertz CT molecular complexity index is 420. The third kappa shape index (κ3) is 4.22. The fourth-order valence-electron chi connectivity index (χ4n) is 2.61. The number of anilines is 1. The van der Waals surface area contributed by atoms with Crippen molar-refractivity contribution in [3.8, 4) is 0 Å². The highest BCUT2D eigenvalue weighted by Gasteiger charge is 2.25. The van der Waals surface area contributed by atoms with Gasteiger partial charge in [0.05, 0.1) is 6.10 Å². The molecule has 0 saturated carbocycles. The maximum atomic E-state index is 9.67. The van der Waals surface area contributed by atoms with E-state index in [1.54, 1.807) is 0 Å². The molecular formula is C17H28N2O. The van der Waals surface area contributed by atoms with Crippen LogP contribution in [0.25, 0.3) is 0 Å². The predicted molar refractivity (Wildman–Crippen MR) is 85.0 cm³/mol. The quantitative estimate of drug-likeness (QED) is 0.887. The largest absolute Gasteiger partial charge is 0.393 e. The van der Waals surface area contributed by atoms with Crippen LogP contribution >= 0.6 is 0 Å². The molecule has 1 fully saturated rings. The van der Waals surface area contributed by atoms with E-state index in [1.165, 1.54) is 11.3 Å². The standard InChI is InChI=1S/C17H28N2O/c1-13(20)15-9-10-19(12-15)16-7-5-14(6-8-16)11-18-17(2,3)4/h5-8,13,15,18,20H,9-12H2,1-4H3. The van der Waals surface area contributed by atoms with E-state index in [4.69, 9.17) is 0 Å². The van der Waals surface area contributed by atoms with Crippen LogP contribution < -0.4 is 10.2 Å². The van der Waals surface area contributed by atoms with E-state index in [-0.39, 0.29) is 11.6 Å². The molecule has 0 aliphatic carbocycles. The number of aliphatic hydroxyl groups excluding tert-OH is 1. The Morgan fingerprint density at radius 1 is 1.30 bits per heavy atom. The molecule has 20 heavy (non-hydrogen) atoms. The minimum atomic E-state index is -0.199. The zero-order valence-electron chi connectivity index (χ0n) is 13.2. The highest BCUT2D eigenvalue weighted by Crippen LogP contribution is 2.26. The maximum absolute atomic E-state index is 9.67. The molecular weight excluding hydrogens is 248 g/mol. The number of nitrogens with one attached hydrogen (secondary N) is 1. The van der Waals surface area contributed by atoms with Crippen molar-refractivity contribution >= 4 is 5.69 Å². The SMILES string of the molecule is CC(O)C1CCN(c2ccc(CNC(C)(C)C)cc2)C1. The van der Waals surface area contributed by atoms with Crippen LogP contribution in [-0.4, -0.2) is 29.8 Å². The van der Waals surface area contributed by atoms with Crippen molar-refractivity contribution in [2.45, 2.75) is 52.3 Å². The van der Waals surface area contributed by atoms with E-state index in [2.05, 4.69) is 55.3 Å². The highest BCUT2D eigenvalue weighted by molar-refractivity contribution is 5.48. The van der Waals surface area contributed by atoms with Gasteiger partial charge in [-0.3, -0.25) is 0 Å². The lowest BCUT2D eigenvalue weighted by atomic mass is 10.0. The molecule has 0 radical (unpaired) electrons. The lowest BCUT2D eigenvalue weighted by Crippen LogP contribution is -2.35. The summed E-state index contributed by atoms with van der Waals surface area (Å²) in [6.07, 6.45) is 0.889. The molecule has 2 rings (SSSR count). The summed E-state index contributed by atoms with van der Waals surface area (Å²) in [5.41, 5.74) is 2.74. The topological polar surface area (TPSA) is 35.5 Å². The first-order chi connectivity index (χ1) is 9.35. The average Bonchev–Trinajstić information content (AvgIpc) is 2.86. The minimum absolute atomic E-state index is 0.151. The predicted octanol–water partition coefficient (Wildman–Crippen LogP) is 2.78. The molecule has 1 aromatic carbocycles.